The Balaban J connectivity index is 0.00000264. The number of hydrogen-bond donors (Lipinski definition) is 2. The molecular formula is C17H26ClFN2O2. The van der Waals surface area contributed by atoms with E-state index in [1.165, 1.54) is 26.0 Å². The number of benzene rings is 1. The number of carbonyl (C=O) groups excluding carboxylic acids is 1. The summed E-state index contributed by atoms with van der Waals surface area (Å²) in [5.74, 6) is 0.546. The summed E-state index contributed by atoms with van der Waals surface area (Å²) in [4.78, 5) is 11.8. The molecule has 2 rings (SSSR count). The van der Waals surface area contributed by atoms with Gasteiger partial charge in [-0.25, -0.2) is 4.39 Å². The molecular weight excluding hydrogens is 319 g/mol. The van der Waals surface area contributed by atoms with Crippen LogP contribution in [0.15, 0.2) is 18.2 Å². The van der Waals surface area contributed by atoms with Crippen LogP contribution in [0, 0.1) is 11.7 Å². The van der Waals surface area contributed by atoms with Crippen LogP contribution in [0.4, 0.5) is 4.39 Å². The predicted molar refractivity (Wildman–Crippen MR) is 91.7 cm³/mol. The van der Waals surface area contributed by atoms with E-state index in [9.17, 15) is 9.18 Å². The molecule has 1 saturated heterocycles. The molecule has 1 aliphatic rings. The highest BCUT2D eigenvalue weighted by molar-refractivity contribution is 5.85. The summed E-state index contributed by atoms with van der Waals surface area (Å²) in [6.45, 7) is 2.89. The van der Waals surface area contributed by atoms with Crippen LogP contribution in [0.2, 0.25) is 0 Å². The summed E-state index contributed by atoms with van der Waals surface area (Å²) >= 11 is 0. The van der Waals surface area contributed by atoms with Crippen molar-refractivity contribution in [1.29, 1.82) is 0 Å². The number of piperidine rings is 1. The molecule has 1 atom stereocenters. The summed E-state index contributed by atoms with van der Waals surface area (Å²) in [7, 11) is 1.44. The minimum Gasteiger partial charge on any atom is -0.494 e. The molecule has 0 radical (unpaired) electrons. The number of rotatable bonds is 7. The van der Waals surface area contributed by atoms with Crippen molar-refractivity contribution in [2.75, 3.05) is 26.7 Å². The average molecular weight is 345 g/mol. The van der Waals surface area contributed by atoms with Gasteiger partial charge in [0.1, 0.15) is 0 Å². The first kappa shape index (κ1) is 19.7. The van der Waals surface area contributed by atoms with Crippen molar-refractivity contribution in [3.63, 3.8) is 0 Å². The molecule has 23 heavy (non-hydrogen) atoms. The summed E-state index contributed by atoms with van der Waals surface area (Å²) in [6.07, 6.45) is 4.41. The molecule has 4 nitrogen and oxygen atoms in total. The van der Waals surface area contributed by atoms with Crippen molar-refractivity contribution in [2.24, 2.45) is 5.92 Å². The van der Waals surface area contributed by atoms with Gasteiger partial charge in [0.2, 0.25) is 5.91 Å². The number of halogens is 2. The number of ether oxygens (including phenoxy) is 1. The van der Waals surface area contributed by atoms with Crippen molar-refractivity contribution in [3.8, 4) is 5.75 Å². The zero-order valence-corrected chi connectivity index (χ0v) is 14.4. The van der Waals surface area contributed by atoms with E-state index in [0.29, 0.717) is 18.8 Å². The Morgan fingerprint density at radius 2 is 2.30 bits per heavy atom. The van der Waals surface area contributed by atoms with Crippen molar-refractivity contribution in [1.82, 2.24) is 10.6 Å². The summed E-state index contributed by atoms with van der Waals surface area (Å²) in [6, 6.07) is 4.82. The highest BCUT2D eigenvalue weighted by Crippen LogP contribution is 2.18. The molecule has 0 aromatic heterocycles. The summed E-state index contributed by atoms with van der Waals surface area (Å²) in [5.41, 5.74) is 0.810. The number of amides is 1. The first-order valence-corrected chi connectivity index (χ1v) is 7.99. The van der Waals surface area contributed by atoms with Crippen molar-refractivity contribution >= 4 is 18.3 Å². The second-order valence-electron chi connectivity index (χ2n) is 5.82. The maximum atomic E-state index is 13.6. The Bertz CT molecular complexity index is 493. The van der Waals surface area contributed by atoms with E-state index in [1.807, 2.05) is 0 Å². The van der Waals surface area contributed by atoms with Crippen LogP contribution in [0.1, 0.15) is 31.2 Å². The van der Waals surface area contributed by atoms with Gasteiger partial charge in [-0.15, -0.1) is 12.4 Å². The zero-order chi connectivity index (χ0) is 15.8. The van der Waals surface area contributed by atoms with Gasteiger partial charge in [0.25, 0.3) is 0 Å². The Kier molecular flexibility index (Phi) is 8.95. The van der Waals surface area contributed by atoms with Crippen molar-refractivity contribution < 1.29 is 13.9 Å². The molecule has 1 heterocycles. The van der Waals surface area contributed by atoms with Gasteiger partial charge in [0, 0.05) is 13.0 Å². The van der Waals surface area contributed by atoms with E-state index in [-0.39, 0.29) is 29.9 Å². The molecule has 130 valence electrons. The smallest absolute Gasteiger partial charge is 0.220 e. The molecule has 2 N–H and O–H groups in total. The first-order chi connectivity index (χ1) is 10.7. The summed E-state index contributed by atoms with van der Waals surface area (Å²) < 4.78 is 18.4. The van der Waals surface area contributed by atoms with Crippen molar-refractivity contribution in [2.45, 2.75) is 32.1 Å². The number of hydrogen-bond acceptors (Lipinski definition) is 3. The molecule has 1 amide bonds. The topological polar surface area (TPSA) is 50.4 Å². The fourth-order valence-electron chi connectivity index (χ4n) is 2.80. The zero-order valence-electron chi connectivity index (χ0n) is 13.6. The lowest BCUT2D eigenvalue weighted by Gasteiger charge is -2.22. The maximum absolute atomic E-state index is 13.6. The lowest BCUT2D eigenvalue weighted by atomic mass is 9.96. The van der Waals surface area contributed by atoms with Gasteiger partial charge in [-0.1, -0.05) is 6.07 Å². The lowest BCUT2D eigenvalue weighted by Crippen LogP contribution is -2.33. The standard InChI is InChI=1S/C17H25FN2O2.ClH/c1-22-16-6-4-13(11-15(16)18)5-7-17(21)20-10-8-14-3-2-9-19-12-14;/h4,6,11,14,19H,2-3,5,7-10,12H2,1H3,(H,20,21);1H. The molecule has 0 bridgehead atoms. The minimum absolute atomic E-state index is 0. The highest BCUT2D eigenvalue weighted by atomic mass is 35.5. The van der Waals surface area contributed by atoms with E-state index in [2.05, 4.69) is 10.6 Å². The Morgan fingerprint density at radius 3 is 2.96 bits per heavy atom. The van der Waals surface area contributed by atoms with Crippen LogP contribution in [0.25, 0.3) is 0 Å². The van der Waals surface area contributed by atoms with Gasteiger partial charge in [-0.3, -0.25) is 4.79 Å². The molecule has 1 unspecified atom stereocenters. The quantitative estimate of drug-likeness (QED) is 0.799. The Hall–Kier alpha value is -1.33. The van der Waals surface area contributed by atoms with Gasteiger partial charge in [0.15, 0.2) is 11.6 Å². The van der Waals surface area contributed by atoms with E-state index in [4.69, 9.17) is 4.74 Å². The second kappa shape index (κ2) is 10.4. The Morgan fingerprint density at radius 1 is 1.48 bits per heavy atom. The van der Waals surface area contributed by atoms with E-state index >= 15 is 0 Å². The van der Waals surface area contributed by atoms with Crippen LogP contribution in [-0.4, -0.2) is 32.7 Å². The molecule has 0 saturated carbocycles. The number of methoxy groups -OCH3 is 1. The minimum atomic E-state index is -0.384. The van der Waals surface area contributed by atoms with Gasteiger partial charge in [-0.05, 0) is 62.4 Å². The van der Waals surface area contributed by atoms with Crippen LogP contribution in [-0.2, 0) is 11.2 Å². The van der Waals surface area contributed by atoms with Gasteiger partial charge in [0.05, 0.1) is 7.11 Å². The number of carbonyl (C=O) groups is 1. The molecule has 1 fully saturated rings. The van der Waals surface area contributed by atoms with E-state index in [1.54, 1.807) is 12.1 Å². The van der Waals surface area contributed by atoms with E-state index < -0.39 is 0 Å². The molecule has 1 aromatic carbocycles. The maximum Gasteiger partial charge on any atom is 0.220 e. The van der Waals surface area contributed by atoms with Gasteiger partial charge >= 0.3 is 0 Å². The monoisotopic (exact) mass is 344 g/mol. The predicted octanol–water partition coefficient (Wildman–Crippen LogP) is 2.69. The third-order valence-electron chi connectivity index (χ3n) is 4.13. The molecule has 0 spiro atoms. The van der Waals surface area contributed by atoms with Crippen LogP contribution in [0.3, 0.4) is 0 Å². The second-order valence-corrected chi connectivity index (χ2v) is 5.82. The number of aryl methyl sites for hydroxylation is 1. The van der Waals surface area contributed by atoms with Crippen LogP contribution in [0.5, 0.6) is 5.75 Å². The van der Waals surface area contributed by atoms with Gasteiger partial charge in [-0.2, -0.15) is 0 Å². The molecule has 1 aromatic rings. The van der Waals surface area contributed by atoms with Gasteiger partial charge < -0.3 is 15.4 Å². The fourth-order valence-corrected chi connectivity index (χ4v) is 2.80. The van der Waals surface area contributed by atoms with Crippen molar-refractivity contribution in [3.05, 3.63) is 29.6 Å². The highest BCUT2D eigenvalue weighted by Gasteiger charge is 2.13. The fraction of sp³-hybridized carbons (Fsp3) is 0.588. The SMILES string of the molecule is COc1ccc(CCC(=O)NCCC2CCCNC2)cc1F.Cl. The third-order valence-corrected chi connectivity index (χ3v) is 4.13. The van der Waals surface area contributed by atoms with E-state index in [0.717, 1.165) is 31.6 Å². The lowest BCUT2D eigenvalue weighted by molar-refractivity contribution is -0.121. The van der Waals surface area contributed by atoms with Crippen LogP contribution < -0.4 is 15.4 Å². The molecule has 6 heteroatoms. The number of nitrogens with one attached hydrogen (secondary N) is 2. The third kappa shape index (κ3) is 6.75. The normalized spacial score (nSPS) is 17.2. The first-order valence-electron chi connectivity index (χ1n) is 7.99. The largest absolute Gasteiger partial charge is 0.494 e. The molecule has 0 aliphatic carbocycles. The summed E-state index contributed by atoms with van der Waals surface area (Å²) in [5, 5.41) is 6.33. The van der Waals surface area contributed by atoms with Crippen LogP contribution >= 0.6 is 12.4 Å². The Labute approximate surface area is 143 Å². The molecule has 1 aliphatic heterocycles. The average Bonchev–Trinajstić information content (AvgIpc) is 2.54.